The van der Waals surface area contributed by atoms with Gasteiger partial charge in [-0.25, -0.2) is 9.99 Å². The molecule has 1 unspecified atom stereocenters. The lowest BCUT2D eigenvalue weighted by Crippen LogP contribution is -2.33. The maximum atomic E-state index is 12.7. The van der Waals surface area contributed by atoms with Crippen LogP contribution in [0.3, 0.4) is 0 Å². The quantitative estimate of drug-likeness (QED) is 0.562. The first-order valence-electron chi connectivity index (χ1n) is 10.4. The van der Waals surface area contributed by atoms with Crippen LogP contribution in [0.4, 0.5) is 0 Å². The summed E-state index contributed by atoms with van der Waals surface area (Å²) < 4.78 is 4.50. The van der Waals surface area contributed by atoms with Crippen LogP contribution in [-0.4, -0.2) is 28.4 Å². The molecule has 0 spiro atoms. The van der Waals surface area contributed by atoms with E-state index in [1.165, 1.54) is 18.2 Å². The third-order valence-corrected chi connectivity index (χ3v) is 4.43. The van der Waals surface area contributed by atoms with E-state index in [-0.39, 0.29) is 23.6 Å². The zero-order chi connectivity index (χ0) is 21.5. The molecule has 1 aromatic carbocycles. The zero-order valence-electron chi connectivity index (χ0n) is 18.0. The summed E-state index contributed by atoms with van der Waals surface area (Å²) in [6.45, 7) is 8.27. The van der Waals surface area contributed by atoms with Gasteiger partial charge in [-0.3, -0.25) is 9.59 Å². The molecule has 29 heavy (non-hydrogen) atoms. The number of amides is 1. The van der Waals surface area contributed by atoms with Crippen molar-refractivity contribution in [1.82, 2.24) is 9.99 Å². The van der Waals surface area contributed by atoms with E-state index >= 15 is 0 Å². The van der Waals surface area contributed by atoms with Gasteiger partial charge in [0.15, 0.2) is 18.4 Å². The fourth-order valence-electron chi connectivity index (χ4n) is 3.14. The summed E-state index contributed by atoms with van der Waals surface area (Å²) in [7, 11) is 0. The maximum absolute atomic E-state index is 12.7. The Balaban J connectivity index is 0.000000390. The Morgan fingerprint density at radius 2 is 1.86 bits per heavy atom. The van der Waals surface area contributed by atoms with Gasteiger partial charge in [0.25, 0.3) is 0 Å². The van der Waals surface area contributed by atoms with Gasteiger partial charge in [-0.2, -0.15) is 5.10 Å². The number of hydrogen-bond acceptors (Lipinski definition) is 5. The third-order valence-electron chi connectivity index (χ3n) is 4.43. The number of aromatic nitrogens is 1. The summed E-state index contributed by atoms with van der Waals surface area (Å²) in [5, 5.41) is 6.05. The number of benzene rings is 1. The van der Waals surface area contributed by atoms with Crippen LogP contribution in [0.25, 0.3) is 0 Å². The topological polar surface area (TPSA) is 75.8 Å². The molecule has 6 nitrogen and oxygen atoms in total. The highest BCUT2D eigenvalue weighted by molar-refractivity contribution is 5.82. The van der Waals surface area contributed by atoms with Gasteiger partial charge >= 0.3 is 0 Å². The first-order chi connectivity index (χ1) is 14.2. The Kier molecular flexibility index (Phi) is 11.9. The van der Waals surface area contributed by atoms with E-state index in [4.69, 9.17) is 0 Å². The van der Waals surface area contributed by atoms with Crippen LogP contribution in [0.2, 0.25) is 0 Å². The number of carbonyl (C=O) groups is 2. The first-order valence-corrected chi connectivity index (χ1v) is 10.4. The standard InChI is InChI=1S/C17H24N2O.C4H3NO2.C2H6/c1-3-8-15(9-4-2)17(20)19-16(12-13-18-19)14-10-6-5-7-11-14;6-2-4-1-5-3-7-4;1-2/h5-7,10-11,13,15-16H,3-4,8-9,12H2,1-2H3;1-3H;1-2H3. The monoisotopic (exact) mass is 399 g/mol. The van der Waals surface area contributed by atoms with Gasteiger partial charge in [0.1, 0.15) is 0 Å². The molecular formula is C23H33N3O3. The van der Waals surface area contributed by atoms with E-state index in [0.29, 0.717) is 6.29 Å². The molecule has 1 amide bonds. The molecule has 1 aliphatic heterocycles. The molecule has 0 radical (unpaired) electrons. The van der Waals surface area contributed by atoms with Crippen LogP contribution in [-0.2, 0) is 4.79 Å². The molecule has 0 N–H and O–H groups in total. The number of carbonyl (C=O) groups excluding carboxylic acids is 2. The zero-order valence-corrected chi connectivity index (χ0v) is 18.0. The molecule has 1 atom stereocenters. The van der Waals surface area contributed by atoms with E-state index in [9.17, 15) is 9.59 Å². The van der Waals surface area contributed by atoms with Crippen molar-refractivity contribution in [3.8, 4) is 0 Å². The average Bonchev–Trinajstić information content (AvgIpc) is 3.47. The van der Waals surface area contributed by atoms with Crippen LogP contribution in [0, 0.1) is 5.92 Å². The molecule has 158 valence electrons. The fourth-order valence-corrected chi connectivity index (χ4v) is 3.14. The number of rotatable bonds is 7. The van der Waals surface area contributed by atoms with Gasteiger partial charge in [0, 0.05) is 18.6 Å². The van der Waals surface area contributed by atoms with Crippen molar-refractivity contribution in [2.75, 3.05) is 0 Å². The second-order valence-electron chi connectivity index (χ2n) is 6.44. The minimum absolute atomic E-state index is 0.0833. The summed E-state index contributed by atoms with van der Waals surface area (Å²) in [6.07, 6.45) is 9.86. The number of aldehydes is 1. The highest BCUT2D eigenvalue weighted by atomic mass is 16.3. The number of hydrogen-bond donors (Lipinski definition) is 0. The van der Waals surface area contributed by atoms with E-state index in [1.54, 1.807) is 5.01 Å². The lowest BCUT2D eigenvalue weighted by atomic mass is 9.95. The molecule has 3 rings (SSSR count). The van der Waals surface area contributed by atoms with E-state index in [0.717, 1.165) is 32.1 Å². The van der Waals surface area contributed by atoms with Crippen LogP contribution in [0.1, 0.15) is 82.0 Å². The predicted molar refractivity (Wildman–Crippen MR) is 116 cm³/mol. The SMILES string of the molecule is CC.CCCC(CCC)C(=O)N1N=CCC1c1ccccc1.O=Cc1cnco1. The Bertz CT molecular complexity index is 708. The van der Waals surface area contributed by atoms with Crippen LogP contribution in [0.5, 0.6) is 0 Å². The Morgan fingerprint density at radius 3 is 2.34 bits per heavy atom. The van der Waals surface area contributed by atoms with E-state index in [1.807, 2.05) is 38.3 Å². The van der Waals surface area contributed by atoms with Crippen LogP contribution in [0.15, 0.2) is 52.4 Å². The molecule has 2 aromatic rings. The Hall–Kier alpha value is -2.76. The summed E-state index contributed by atoms with van der Waals surface area (Å²) in [4.78, 5) is 26.0. The highest BCUT2D eigenvalue weighted by Crippen LogP contribution is 2.31. The number of hydrazone groups is 1. The second kappa shape index (κ2) is 14.3. The van der Waals surface area contributed by atoms with Crippen molar-refractivity contribution in [3.63, 3.8) is 0 Å². The van der Waals surface area contributed by atoms with Gasteiger partial charge in [-0.05, 0) is 18.4 Å². The molecule has 1 aromatic heterocycles. The van der Waals surface area contributed by atoms with Crippen LogP contribution < -0.4 is 0 Å². The Morgan fingerprint density at radius 1 is 1.21 bits per heavy atom. The van der Waals surface area contributed by atoms with Gasteiger partial charge in [0.05, 0.1) is 12.2 Å². The Labute approximate surface area is 174 Å². The molecular weight excluding hydrogens is 366 g/mol. The molecule has 0 bridgehead atoms. The second-order valence-corrected chi connectivity index (χ2v) is 6.44. The number of oxazole rings is 1. The predicted octanol–water partition coefficient (Wildman–Crippen LogP) is 5.68. The summed E-state index contributed by atoms with van der Waals surface area (Å²) in [5.41, 5.74) is 1.17. The van der Waals surface area contributed by atoms with Gasteiger partial charge in [0.2, 0.25) is 5.91 Å². The van der Waals surface area contributed by atoms with Gasteiger partial charge in [-0.1, -0.05) is 70.9 Å². The van der Waals surface area contributed by atoms with Crippen LogP contribution >= 0.6 is 0 Å². The maximum Gasteiger partial charge on any atom is 0.246 e. The van der Waals surface area contributed by atoms with Crippen molar-refractivity contribution >= 4 is 18.4 Å². The first kappa shape index (κ1) is 24.3. The normalized spacial score (nSPS) is 14.7. The highest BCUT2D eigenvalue weighted by Gasteiger charge is 2.31. The largest absolute Gasteiger partial charge is 0.441 e. The average molecular weight is 400 g/mol. The molecule has 2 heterocycles. The summed E-state index contributed by atoms with van der Waals surface area (Å²) in [6, 6.07) is 10.3. The smallest absolute Gasteiger partial charge is 0.246 e. The summed E-state index contributed by atoms with van der Waals surface area (Å²) >= 11 is 0. The van der Waals surface area contributed by atoms with Gasteiger partial charge < -0.3 is 4.42 Å². The van der Waals surface area contributed by atoms with Gasteiger partial charge in [-0.15, -0.1) is 0 Å². The molecule has 6 heteroatoms. The third kappa shape index (κ3) is 7.64. The van der Waals surface area contributed by atoms with Crippen molar-refractivity contribution in [2.24, 2.45) is 11.0 Å². The lowest BCUT2D eigenvalue weighted by Gasteiger charge is -2.26. The lowest BCUT2D eigenvalue weighted by molar-refractivity contribution is -0.138. The minimum atomic E-state index is 0.0833. The van der Waals surface area contributed by atoms with E-state index in [2.05, 4.69) is 40.5 Å². The summed E-state index contributed by atoms with van der Waals surface area (Å²) in [5.74, 6) is 0.572. The van der Waals surface area contributed by atoms with Crippen molar-refractivity contribution in [2.45, 2.75) is 65.8 Å². The van der Waals surface area contributed by atoms with Crippen molar-refractivity contribution in [3.05, 3.63) is 54.2 Å². The molecule has 1 aliphatic rings. The van der Waals surface area contributed by atoms with E-state index < -0.39 is 0 Å². The molecule has 0 saturated carbocycles. The fraction of sp³-hybridized carbons (Fsp3) is 0.478. The van der Waals surface area contributed by atoms with Crippen molar-refractivity contribution in [1.29, 1.82) is 0 Å². The minimum Gasteiger partial charge on any atom is -0.441 e. The molecule has 0 fully saturated rings. The molecule has 0 aliphatic carbocycles. The van der Waals surface area contributed by atoms with Crippen molar-refractivity contribution < 1.29 is 14.0 Å². The number of nitrogens with zero attached hydrogens (tertiary/aromatic N) is 3. The molecule has 0 saturated heterocycles.